The van der Waals surface area contributed by atoms with Crippen molar-refractivity contribution in [1.82, 2.24) is 4.98 Å². The Kier molecular flexibility index (Phi) is 3.97. The van der Waals surface area contributed by atoms with E-state index in [1.165, 1.54) is 12.1 Å². The zero-order valence-corrected chi connectivity index (χ0v) is 12.4. The van der Waals surface area contributed by atoms with Crippen molar-refractivity contribution in [2.75, 3.05) is 6.61 Å². The van der Waals surface area contributed by atoms with Gasteiger partial charge < -0.3 is 9.47 Å². The van der Waals surface area contributed by atoms with Gasteiger partial charge in [0.2, 0.25) is 0 Å². The van der Waals surface area contributed by atoms with Crippen molar-refractivity contribution in [3.63, 3.8) is 0 Å². The molecule has 1 aromatic heterocycles. The molecule has 1 aliphatic heterocycles. The summed E-state index contributed by atoms with van der Waals surface area (Å²) in [5.41, 5.74) is 2.50. The second kappa shape index (κ2) is 5.90. The average Bonchev–Trinajstić information content (AvgIpc) is 2.87. The Morgan fingerprint density at radius 1 is 1.38 bits per heavy atom. The van der Waals surface area contributed by atoms with Crippen molar-refractivity contribution in [3.8, 4) is 11.5 Å². The van der Waals surface area contributed by atoms with E-state index in [0.29, 0.717) is 24.7 Å². The van der Waals surface area contributed by atoms with Crippen LogP contribution in [0.3, 0.4) is 0 Å². The molecule has 3 rings (SSSR count). The van der Waals surface area contributed by atoms with Gasteiger partial charge in [-0.15, -0.1) is 11.6 Å². The summed E-state index contributed by atoms with van der Waals surface area (Å²) in [7, 11) is 0. The second-order valence-electron chi connectivity index (χ2n) is 5.04. The fourth-order valence-electron chi connectivity index (χ4n) is 2.39. The standard InChI is InChI=1S/C16H15ClFNO2/c1-10-2-4-16(14(8-17)19-10)20-9-13-7-11-6-12(18)3-5-15(11)21-13/h2-6,13H,7-9H2,1H3. The van der Waals surface area contributed by atoms with Crippen LogP contribution in [-0.2, 0) is 12.3 Å². The summed E-state index contributed by atoms with van der Waals surface area (Å²) in [6, 6.07) is 8.31. The molecule has 0 spiro atoms. The largest absolute Gasteiger partial charge is 0.488 e. The van der Waals surface area contributed by atoms with Crippen LogP contribution in [0, 0.1) is 12.7 Å². The molecule has 0 saturated heterocycles. The first-order chi connectivity index (χ1) is 10.2. The van der Waals surface area contributed by atoms with E-state index in [0.717, 1.165) is 22.7 Å². The van der Waals surface area contributed by atoms with Gasteiger partial charge in [0.05, 0.1) is 11.6 Å². The van der Waals surface area contributed by atoms with Crippen LogP contribution in [-0.4, -0.2) is 17.7 Å². The third-order valence-electron chi connectivity index (χ3n) is 3.39. The molecule has 2 aromatic rings. The lowest BCUT2D eigenvalue weighted by Crippen LogP contribution is -2.22. The van der Waals surface area contributed by atoms with Crippen LogP contribution in [0.5, 0.6) is 11.5 Å². The van der Waals surface area contributed by atoms with Crippen LogP contribution < -0.4 is 9.47 Å². The highest BCUT2D eigenvalue weighted by molar-refractivity contribution is 6.17. The number of halogens is 2. The van der Waals surface area contributed by atoms with Crippen LogP contribution in [0.4, 0.5) is 4.39 Å². The van der Waals surface area contributed by atoms with E-state index < -0.39 is 0 Å². The lowest BCUT2D eigenvalue weighted by atomic mass is 10.1. The predicted molar refractivity (Wildman–Crippen MR) is 78.5 cm³/mol. The van der Waals surface area contributed by atoms with Crippen molar-refractivity contribution in [2.45, 2.75) is 25.3 Å². The maximum atomic E-state index is 13.2. The first-order valence-corrected chi connectivity index (χ1v) is 7.29. The van der Waals surface area contributed by atoms with Crippen LogP contribution >= 0.6 is 11.6 Å². The summed E-state index contributed by atoms with van der Waals surface area (Å²) >= 11 is 5.87. The average molecular weight is 308 g/mol. The van der Waals surface area contributed by atoms with Gasteiger partial charge >= 0.3 is 0 Å². The molecule has 0 fully saturated rings. The summed E-state index contributed by atoms with van der Waals surface area (Å²) in [6.07, 6.45) is 0.522. The Morgan fingerprint density at radius 3 is 3.05 bits per heavy atom. The number of nitrogens with zero attached hydrogens (tertiary/aromatic N) is 1. The van der Waals surface area contributed by atoms with Crippen molar-refractivity contribution in [3.05, 3.63) is 53.1 Å². The van der Waals surface area contributed by atoms with Crippen molar-refractivity contribution >= 4 is 11.6 Å². The molecular formula is C16H15ClFNO2. The molecule has 5 heteroatoms. The Hall–Kier alpha value is -1.81. The molecule has 1 aliphatic rings. The maximum absolute atomic E-state index is 13.2. The normalized spacial score (nSPS) is 16.4. The molecule has 0 bridgehead atoms. The fourth-order valence-corrected chi connectivity index (χ4v) is 2.58. The van der Waals surface area contributed by atoms with Crippen molar-refractivity contribution in [2.24, 2.45) is 0 Å². The lowest BCUT2D eigenvalue weighted by Gasteiger charge is -2.14. The van der Waals surface area contributed by atoms with Gasteiger partial charge in [-0.25, -0.2) is 4.39 Å². The summed E-state index contributed by atoms with van der Waals surface area (Å²) in [4.78, 5) is 4.34. The Bertz CT molecular complexity index is 663. The van der Waals surface area contributed by atoms with Gasteiger partial charge in [0.15, 0.2) is 0 Å². The smallest absolute Gasteiger partial charge is 0.142 e. The number of rotatable bonds is 4. The number of benzene rings is 1. The molecule has 1 aromatic carbocycles. The molecule has 1 unspecified atom stereocenters. The van der Waals surface area contributed by atoms with Gasteiger partial charge in [-0.1, -0.05) is 0 Å². The summed E-state index contributed by atoms with van der Waals surface area (Å²) in [5.74, 6) is 1.45. The van der Waals surface area contributed by atoms with E-state index in [4.69, 9.17) is 21.1 Å². The topological polar surface area (TPSA) is 31.4 Å². The third kappa shape index (κ3) is 3.10. The Balaban J connectivity index is 1.65. The molecule has 1 atom stereocenters. The van der Waals surface area contributed by atoms with E-state index in [1.54, 1.807) is 6.07 Å². The number of aromatic nitrogens is 1. The van der Waals surface area contributed by atoms with Crippen molar-refractivity contribution in [1.29, 1.82) is 0 Å². The fraction of sp³-hybridized carbons (Fsp3) is 0.312. The van der Waals surface area contributed by atoms with Gasteiger partial charge in [0.25, 0.3) is 0 Å². The highest BCUT2D eigenvalue weighted by Gasteiger charge is 2.24. The van der Waals surface area contributed by atoms with Crippen LogP contribution in [0.1, 0.15) is 17.0 Å². The molecule has 0 N–H and O–H groups in total. The van der Waals surface area contributed by atoms with Gasteiger partial charge in [-0.2, -0.15) is 0 Å². The van der Waals surface area contributed by atoms with Crippen LogP contribution in [0.15, 0.2) is 30.3 Å². The summed E-state index contributed by atoms with van der Waals surface area (Å²) in [5, 5.41) is 0. The zero-order valence-electron chi connectivity index (χ0n) is 11.6. The molecule has 3 nitrogen and oxygen atoms in total. The highest BCUT2D eigenvalue weighted by Crippen LogP contribution is 2.30. The van der Waals surface area contributed by atoms with Gasteiger partial charge in [-0.05, 0) is 37.3 Å². The zero-order chi connectivity index (χ0) is 14.8. The molecule has 21 heavy (non-hydrogen) atoms. The number of ether oxygens (including phenoxy) is 2. The first kappa shape index (κ1) is 14.1. The molecule has 0 radical (unpaired) electrons. The third-order valence-corrected chi connectivity index (χ3v) is 3.64. The van der Waals surface area contributed by atoms with Gasteiger partial charge in [-0.3, -0.25) is 4.98 Å². The Labute approximate surface area is 127 Å². The highest BCUT2D eigenvalue weighted by atomic mass is 35.5. The minimum atomic E-state index is -0.244. The van der Waals surface area contributed by atoms with E-state index in [-0.39, 0.29) is 11.9 Å². The van der Waals surface area contributed by atoms with E-state index in [2.05, 4.69) is 4.98 Å². The van der Waals surface area contributed by atoms with Gasteiger partial charge in [0.1, 0.15) is 30.0 Å². The molecule has 0 amide bonds. The molecule has 0 saturated carbocycles. The van der Waals surface area contributed by atoms with E-state index >= 15 is 0 Å². The van der Waals surface area contributed by atoms with Crippen molar-refractivity contribution < 1.29 is 13.9 Å². The number of aryl methyl sites for hydroxylation is 1. The predicted octanol–water partition coefficient (Wildman–Crippen LogP) is 3.65. The Morgan fingerprint density at radius 2 is 2.24 bits per heavy atom. The monoisotopic (exact) mass is 307 g/mol. The summed E-state index contributed by atoms with van der Waals surface area (Å²) in [6.45, 7) is 2.29. The number of alkyl halides is 1. The summed E-state index contributed by atoms with van der Waals surface area (Å²) < 4.78 is 24.7. The molecule has 0 aliphatic carbocycles. The second-order valence-corrected chi connectivity index (χ2v) is 5.31. The minimum Gasteiger partial charge on any atom is -0.488 e. The lowest BCUT2D eigenvalue weighted by molar-refractivity contribution is 0.147. The molecule has 110 valence electrons. The molecular weight excluding hydrogens is 293 g/mol. The number of hydrogen-bond donors (Lipinski definition) is 0. The SMILES string of the molecule is Cc1ccc(OCC2Cc3cc(F)ccc3O2)c(CCl)n1. The first-order valence-electron chi connectivity index (χ1n) is 6.76. The quantitative estimate of drug-likeness (QED) is 0.808. The van der Waals surface area contributed by atoms with Crippen LogP contribution in [0.2, 0.25) is 0 Å². The molecule has 2 heterocycles. The maximum Gasteiger partial charge on any atom is 0.142 e. The number of fused-ring (bicyclic) bond motifs is 1. The van der Waals surface area contributed by atoms with Gasteiger partial charge in [0, 0.05) is 17.7 Å². The van der Waals surface area contributed by atoms with Crippen LogP contribution in [0.25, 0.3) is 0 Å². The van der Waals surface area contributed by atoms with E-state index in [9.17, 15) is 4.39 Å². The van der Waals surface area contributed by atoms with E-state index in [1.807, 2.05) is 19.1 Å². The number of hydrogen-bond acceptors (Lipinski definition) is 3. The minimum absolute atomic E-state index is 0.119. The number of pyridine rings is 1.